The molecule has 0 nitrogen and oxygen atoms in total. The van der Waals surface area contributed by atoms with Gasteiger partial charge in [0.15, 0.2) is 0 Å². The number of halogens is 2. The van der Waals surface area contributed by atoms with Gasteiger partial charge >= 0.3 is 0 Å². The minimum atomic E-state index is -0.470. The summed E-state index contributed by atoms with van der Waals surface area (Å²) in [4.78, 5) is 0. The van der Waals surface area contributed by atoms with Crippen LogP contribution in [0.5, 0.6) is 0 Å². The van der Waals surface area contributed by atoms with Crippen molar-refractivity contribution < 1.29 is 8.78 Å². The van der Waals surface area contributed by atoms with Gasteiger partial charge in [-0.1, -0.05) is 77.2 Å². The Morgan fingerprint density at radius 1 is 0.759 bits per heavy atom. The first kappa shape index (κ1) is 22.5. The van der Waals surface area contributed by atoms with Gasteiger partial charge in [0, 0.05) is 6.07 Å². The molecule has 29 heavy (non-hydrogen) atoms. The Hall–Kier alpha value is -1.18. The Bertz CT molecular complexity index is 620. The molecular formula is C27H40F2. The Morgan fingerprint density at radius 3 is 2.03 bits per heavy atom. The van der Waals surface area contributed by atoms with Crippen molar-refractivity contribution >= 4 is 5.57 Å². The number of benzene rings is 1. The zero-order valence-electron chi connectivity index (χ0n) is 18.4. The minimum Gasteiger partial charge on any atom is -0.207 e. The first-order valence-electron chi connectivity index (χ1n) is 12.3. The van der Waals surface area contributed by atoms with E-state index in [-0.39, 0.29) is 0 Å². The van der Waals surface area contributed by atoms with Gasteiger partial charge in [-0.3, -0.25) is 0 Å². The molecule has 0 aromatic heterocycles. The summed E-state index contributed by atoms with van der Waals surface area (Å²) in [6.45, 7) is 2.28. The molecule has 0 N–H and O–H groups in total. The Kier molecular flexibility index (Phi) is 9.21. The van der Waals surface area contributed by atoms with Crippen LogP contribution < -0.4 is 0 Å². The maximum Gasteiger partial charge on any atom is 0.126 e. The van der Waals surface area contributed by atoms with Crippen LogP contribution in [-0.4, -0.2) is 0 Å². The summed E-state index contributed by atoms with van der Waals surface area (Å²) in [7, 11) is 0. The Morgan fingerprint density at radius 2 is 1.41 bits per heavy atom. The molecule has 1 unspecified atom stereocenters. The van der Waals surface area contributed by atoms with Gasteiger partial charge in [0.2, 0.25) is 0 Å². The smallest absolute Gasteiger partial charge is 0.126 e. The van der Waals surface area contributed by atoms with Gasteiger partial charge in [-0.05, 0) is 73.1 Å². The highest BCUT2D eigenvalue weighted by molar-refractivity contribution is 5.66. The van der Waals surface area contributed by atoms with Crippen LogP contribution in [0.4, 0.5) is 8.78 Å². The Balaban J connectivity index is 1.35. The predicted molar refractivity (Wildman–Crippen MR) is 120 cm³/mol. The van der Waals surface area contributed by atoms with Crippen molar-refractivity contribution in [3.05, 3.63) is 41.5 Å². The fraction of sp³-hybridized carbons (Fsp3) is 0.704. The number of unbranched alkanes of at least 4 members (excludes halogenated alkanes) is 6. The molecule has 1 saturated carbocycles. The highest BCUT2D eigenvalue weighted by Gasteiger charge is 2.28. The molecular weight excluding hydrogens is 362 g/mol. The molecule has 0 saturated heterocycles. The van der Waals surface area contributed by atoms with E-state index in [0.717, 1.165) is 47.8 Å². The zero-order chi connectivity index (χ0) is 20.5. The summed E-state index contributed by atoms with van der Waals surface area (Å²) < 4.78 is 27.0. The molecule has 3 rings (SSSR count). The van der Waals surface area contributed by atoms with Crippen molar-refractivity contribution in [3.63, 3.8) is 0 Å². The minimum absolute atomic E-state index is 0.470. The van der Waals surface area contributed by atoms with E-state index < -0.39 is 11.6 Å². The second-order valence-electron chi connectivity index (χ2n) is 9.61. The molecule has 1 atom stereocenters. The van der Waals surface area contributed by atoms with E-state index >= 15 is 0 Å². The molecule has 0 bridgehead atoms. The summed E-state index contributed by atoms with van der Waals surface area (Å²) in [5, 5.41) is 0. The van der Waals surface area contributed by atoms with Crippen molar-refractivity contribution in [2.45, 2.75) is 103 Å². The fourth-order valence-corrected chi connectivity index (χ4v) is 5.62. The van der Waals surface area contributed by atoms with Crippen molar-refractivity contribution in [1.82, 2.24) is 0 Å². The second kappa shape index (κ2) is 11.9. The van der Waals surface area contributed by atoms with Gasteiger partial charge in [-0.25, -0.2) is 8.78 Å². The molecule has 1 fully saturated rings. The first-order chi connectivity index (χ1) is 14.2. The summed E-state index contributed by atoms with van der Waals surface area (Å²) >= 11 is 0. The summed E-state index contributed by atoms with van der Waals surface area (Å²) in [5.41, 5.74) is 1.87. The van der Waals surface area contributed by atoms with Crippen molar-refractivity contribution in [2.24, 2.45) is 17.8 Å². The third-order valence-electron chi connectivity index (χ3n) is 7.46. The number of rotatable bonds is 10. The third-order valence-corrected chi connectivity index (χ3v) is 7.46. The topological polar surface area (TPSA) is 0 Å². The van der Waals surface area contributed by atoms with Gasteiger partial charge < -0.3 is 0 Å². The molecule has 0 amide bonds. The van der Waals surface area contributed by atoms with Crippen LogP contribution in [-0.2, 0) is 0 Å². The molecule has 2 aliphatic rings. The summed E-state index contributed by atoms with van der Waals surface area (Å²) in [6.07, 6.45) is 22.4. The van der Waals surface area contributed by atoms with Gasteiger partial charge in [-0.15, -0.1) is 0 Å². The van der Waals surface area contributed by atoms with Crippen LogP contribution in [0.3, 0.4) is 0 Å². The largest absolute Gasteiger partial charge is 0.207 e. The highest BCUT2D eigenvalue weighted by Crippen LogP contribution is 2.42. The van der Waals surface area contributed by atoms with Gasteiger partial charge in [0.25, 0.3) is 0 Å². The van der Waals surface area contributed by atoms with E-state index in [1.54, 1.807) is 0 Å². The number of allylic oxidation sites excluding steroid dienone is 2. The molecule has 0 aliphatic heterocycles. The number of hydrogen-bond acceptors (Lipinski definition) is 0. The highest BCUT2D eigenvalue weighted by atomic mass is 19.1. The quantitative estimate of drug-likeness (QED) is 0.342. The van der Waals surface area contributed by atoms with E-state index in [0.29, 0.717) is 0 Å². The molecule has 0 heterocycles. The van der Waals surface area contributed by atoms with Crippen LogP contribution in [0, 0.1) is 29.4 Å². The molecule has 2 heteroatoms. The van der Waals surface area contributed by atoms with E-state index in [4.69, 9.17) is 0 Å². The standard InChI is InChI=1S/C27H40F2/c1-2-3-4-5-6-7-8-9-21-10-12-22(13-11-21)23-14-16-24(17-15-23)25-18-26(28)20-27(29)19-25/h16,18-23H,2-15,17H2,1H3. The normalized spacial score (nSPS) is 25.1. The van der Waals surface area contributed by atoms with E-state index in [9.17, 15) is 8.78 Å². The zero-order valence-corrected chi connectivity index (χ0v) is 18.4. The van der Waals surface area contributed by atoms with Crippen LogP contribution in [0.2, 0.25) is 0 Å². The fourth-order valence-electron chi connectivity index (χ4n) is 5.62. The van der Waals surface area contributed by atoms with Gasteiger partial charge in [0.1, 0.15) is 11.6 Å². The van der Waals surface area contributed by atoms with E-state index in [1.807, 2.05) is 0 Å². The molecule has 1 aromatic carbocycles. The van der Waals surface area contributed by atoms with Crippen LogP contribution in [0.1, 0.15) is 109 Å². The average Bonchev–Trinajstić information content (AvgIpc) is 2.73. The molecule has 0 spiro atoms. The monoisotopic (exact) mass is 402 g/mol. The first-order valence-corrected chi connectivity index (χ1v) is 12.3. The summed E-state index contributed by atoms with van der Waals surface area (Å²) in [6, 6.07) is 3.91. The van der Waals surface area contributed by atoms with Crippen LogP contribution >= 0.6 is 0 Å². The lowest BCUT2D eigenvalue weighted by Crippen LogP contribution is -2.23. The third kappa shape index (κ3) is 7.23. The predicted octanol–water partition coefficient (Wildman–Crippen LogP) is 9.10. The lowest BCUT2D eigenvalue weighted by Gasteiger charge is -2.35. The number of hydrogen-bond donors (Lipinski definition) is 0. The molecule has 0 radical (unpaired) electrons. The van der Waals surface area contributed by atoms with Gasteiger partial charge in [-0.2, -0.15) is 0 Å². The lowest BCUT2D eigenvalue weighted by atomic mass is 9.70. The van der Waals surface area contributed by atoms with Gasteiger partial charge in [0.05, 0.1) is 0 Å². The van der Waals surface area contributed by atoms with E-state index in [2.05, 4.69) is 13.0 Å². The van der Waals surface area contributed by atoms with Crippen LogP contribution in [0.15, 0.2) is 24.3 Å². The molecule has 1 aromatic rings. The van der Waals surface area contributed by atoms with Crippen molar-refractivity contribution in [1.29, 1.82) is 0 Å². The van der Waals surface area contributed by atoms with Crippen molar-refractivity contribution in [3.8, 4) is 0 Å². The van der Waals surface area contributed by atoms with Crippen molar-refractivity contribution in [2.75, 3.05) is 0 Å². The lowest BCUT2D eigenvalue weighted by molar-refractivity contribution is 0.187. The molecule has 162 valence electrons. The molecule has 2 aliphatic carbocycles. The summed E-state index contributed by atoms with van der Waals surface area (Å²) in [5.74, 6) is 1.66. The maximum absolute atomic E-state index is 13.5. The Labute approximate surface area is 177 Å². The average molecular weight is 403 g/mol. The van der Waals surface area contributed by atoms with Crippen LogP contribution in [0.25, 0.3) is 5.57 Å². The SMILES string of the molecule is CCCCCCCCCC1CCC(C2CC=C(c3cc(F)cc(F)c3)CC2)CC1. The maximum atomic E-state index is 13.5. The van der Waals surface area contributed by atoms with E-state index in [1.165, 1.54) is 95.6 Å². The second-order valence-corrected chi connectivity index (χ2v) is 9.61.